The fourth-order valence-corrected chi connectivity index (χ4v) is 3.17. The van der Waals surface area contributed by atoms with E-state index >= 15 is 0 Å². The van der Waals surface area contributed by atoms with Crippen LogP contribution in [-0.2, 0) is 9.84 Å². The van der Waals surface area contributed by atoms with E-state index in [1.807, 2.05) is 25.1 Å². The second-order valence-corrected chi connectivity index (χ2v) is 8.31. The third-order valence-corrected chi connectivity index (χ3v) is 5.04. The van der Waals surface area contributed by atoms with Crippen LogP contribution in [0.4, 0.5) is 0 Å². The largest absolute Gasteiger partial charge is 0.346 e. The van der Waals surface area contributed by atoms with E-state index < -0.39 is 9.84 Å². The molecule has 22 heavy (non-hydrogen) atoms. The quantitative estimate of drug-likeness (QED) is 0.760. The van der Waals surface area contributed by atoms with Crippen molar-refractivity contribution in [2.24, 2.45) is 0 Å². The van der Waals surface area contributed by atoms with Crippen LogP contribution in [0, 0.1) is 3.57 Å². The van der Waals surface area contributed by atoms with Crippen LogP contribution in [0.2, 0.25) is 0 Å². The van der Waals surface area contributed by atoms with Gasteiger partial charge in [0.15, 0.2) is 9.84 Å². The Labute approximate surface area is 144 Å². The minimum absolute atomic E-state index is 0.154. The first-order valence-corrected chi connectivity index (χ1v) is 9.61. The van der Waals surface area contributed by atoms with E-state index in [-0.39, 0.29) is 16.8 Å². The summed E-state index contributed by atoms with van der Waals surface area (Å²) in [5.74, 6) is -0.154. The zero-order chi connectivity index (χ0) is 16.3. The molecule has 0 radical (unpaired) electrons. The smallest absolute Gasteiger partial charge is 0.251 e. The Morgan fingerprint density at radius 1 is 1.14 bits per heavy atom. The lowest BCUT2D eigenvalue weighted by molar-refractivity contribution is 0.0940. The summed E-state index contributed by atoms with van der Waals surface area (Å²) in [6.07, 6.45) is 1.17. The Kier molecular flexibility index (Phi) is 5.23. The van der Waals surface area contributed by atoms with Gasteiger partial charge in [0.1, 0.15) is 0 Å². The lowest BCUT2D eigenvalue weighted by Crippen LogP contribution is -2.26. The maximum Gasteiger partial charge on any atom is 0.251 e. The lowest BCUT2D eigenvalue weighted by atomic mass is 10.1. The van der Waals surface area contributed by atoms with Gasteiger partial charge in [-0.3, -0.25) is 4.79 Å². The number of benzene rings is 2. The van der Waals surface area contributed by atoms with Gasteiger partial charge in [-0.2, -0.15) is 0 Å². The van der Waals surface area contributed by atoms with Gasteiger partial charge >= 0.3 is 0 Å². The van der Waals surface area contributed by atoms with Crippen LogP contribution < -0.4 is 5.32 Å². The zero-order valence-corrected chi connectivity index (χ0v) is 15.2. The summed E-state index contributed by atoms with van der Waals surface area (Å²) in [7, 11) is -3.20. The molecule has 0 fully saturated rings. The number of hydrogen-bond acceptors (Lipinski definition) is 3. The number of sulfone groups is 1. The molecule has 0 bridgehead atoms. The van der Waals surface area contributed by atoms with E-state index in [9.17, 15) is 13.2 Å². The molecule has 0 aromatic heterocycles. The molecule has 6 heteroatoms. The van der Waals surface area contributed by atoms with E-state index in [2.05, 4.69) is 27.9 Å². The fourth-order valence-electron chi connectivity index (χ4n) is 2.00. The van der Waals surface area contributed by atoms with Crippen molar-refractivity contribution in [1.29, 1.82) is 0 Å². The van der Waals surface area contributed by atoms with E-state index in [0.717, 1.165) is 9.13 Å². The molecule has 1 atom stereocenters. The molecule has 0 spiro atoms. The molecule has 0 saturated heterocycles. The van der Waals surface area contributed by atoms with Crippen molar-refractivity contribution < 1.29 is 13.2 Å². The number of rotatable bonds is 4. The predicted molar refractivity (Wildman–Crippen MR) is 94.6 cm³/mol. The average Bonchev–Trinajstić information content (AvgIpc) is 2.46. The highest BCUT2D eigenvalue weighted by molar-refractivity contribution is 14.1. The SMILES string of the molecule is C[C@H](NC(=O)c1cccc(I)c1)c1ccc(S(C)(=O)=O)cc1. The molecule has 2 rings (SSSR count). The van der Waals surface area contributed by atoms with Crippen LogP contribution in [0.15, 0.2) is 53.4 Å². The summed E-state index contributed by atoms with van der Waals surface area (Å²) >= 11 is 2.16. The van der Waals surface area contributed by atoms with Gasteiger partial charge in [0.05, 0.1) is 10.9 Å². The molecule has 1 N–H and O–H groups in total. The number of hydrogen-bond donors (Lipinski definition) is 1. The van der Waals surface area contributed by atoms with E-state index in [1.54, 1.807) is 30.3 Å². The minimum atomic E-state index is -3.20. The summed E-state index contributed by atoms with van der Waals surface area (Å²) in [6.45, 7) is 1.86. The van der Waals surface area contributed by atoms with Gasteiger partial charge in [-0.05, 0) is 65.4 Å². The molecular weight excluding hydrogens is 413 g/mol. The number of amides is 1. The van der Waals surface area contributed by atoms with Gasteiger partial charge in [0, 0.05) is 15.4 Å². The zero-order valence-electron chi connectivity index (χ0n) is 12.2. The third kappa shape index (κ3) is 4.30. The number of halogens is 1. The summed E-state index contributed by atoms with van der Waals surface area (Å²) in [5.41, 5.74) is 1.46. The van der Waals surface area contributed by atoms with Crippen LogP contribution in [-0.4, -0.2) is 20.6 Å². The topological polar surface area (TPSA) is 63.2 Å². The fraction of sp³-hybridized carbons (Fsp3) is 0.188. The first-order chi connectivity index (χ1) is 10.3. The Morgan fingerprint density at radius 3 is 2.32 bits per heavy atom. The molecular formula is C16H16INO3S. The minimum Gasteiger partial charge on any atom is -0.346 e. The molecule has 0 aliphatic heterocycles. The molecule has 1 amide bonds. The standard InChI is InChI=1S/C16H16INO3S/c1-11(12-6-8-15(9-7-12)22(2,20)21)18-16(19)13-4-3-5-14(17)10-13/h3-11H,1-2H3,(H,18,19)/t11-/m0/s1. The molecule has 0 aliphatic rings. The van der Waals surface area contributed by atoms with Gasteiger partial charge in [-0.25, -0.2) is 8.42 Å². The molecule has 0 unspecified atom stereocenters. The Hall–Kier alpha value is -1.41. The Bertz CT molecular complexity index is 785. The van der Waals surface area contributed by atoms with Crippen molar-refractivity contribution >= 4 is 38.3 Å². The normalized spacial score (nSPS) is 12.7. The highest BCUT2D eigenvalue weighted by atomic mass is 127. The second kappa shape index (κ2) is 6.78. The van der Waals surface area contributed by atoms with Crippen molar-refractivity contribution in [3.05, 3.63) is 63.2 Å². The molecule has 0 heterocycles. The predicted octanol–water partition coefficient (Wildman–Crippen LogP) is 3.19. The Balaban J connectivity index is 2.12. The first-order valence-electron chi connectivity index (χ1n) is 6.64. The monoisotopic (exact) mass is 429 g/mol. The molecule has 4 nitrogen and oxygen atoms in total. The van der Waals surface area contributed by atoms with Crippen LogP contribution in [0.3, 0.4) is 0 Å². The molecule has 116 valence electrons. The van der Waals surface area contributed by atoms with Crippen molar-refractivity contribution in [2.45, 2.75) is 17.9 Å². The lowest BCUT2D eigenvalue weighted by Gasteiger charge is -2.15. The molecule has 0 saturated carbocycles. The molecule has 2 aromatic carbocycles. The third-order valence-electron chi connectivity index (χ3n) is 3.24. The summed E-state index contributed by atoms with van der Waals surface area (Å²) in [4.78, 5) is 12.5. The van der Waals surface area contributed by atoms with E-state index in [4.69, 9.17) is 0 Å². The second-order valence-electron chi connectivity index (χ2n) is 5.05. The number of carbonyl (C=O) groups is 1. The van der Waals surface area contributed by atoms with Crippen molar-refractivity contribution in [3.63, 3.8) is 0 Å². The van der Waals surface area contributed by atoms with Crippen LogP contribution in [0.25, 0.3) is 0 Å². The van der Waals surface area contributed by atoms with Crippen LogP contribution in [0.5, 0.6) is 0 Å². The van der Waals surface area contributed by atoms with Gasteiger partial charge < -0.3 is 5.32 Å². The van der Waals surface area contributed by atoms with Crippen molar-refractivity contribution in [3.8, 4) is 0 Å². The highest BCUT2D eigenvalue weighted by Crippen LogP contribution is 2.17. The van der Waals surface area contributed by atoms with E-state index in [1.165, 1.54) is 6.26 Å². The summed E-state index contributed by atoms with van der Waals surface area (Å²) in [6, 6.07) is 13.7. The van der Waals surface area contributed by atoms with Crippen LogP contribution >= 0.6 is 22.6 Å². The van der Waals surface area contributed by atoms with Crippen LogP contribution in [0.1, 0.15) is 28.9 Å². The highest BCUT2D eigenvalue weighted by Gasteiger charge is 2.13. The summed E-state index contributed by atoms with van der Waals surface area (Å²) in [5, 5.41) is 2.91. The van der Waals surface area contributed by atoms with Crippen molar-refractivity contribution in [2.75, 3.05) is 6.26 Å². The molecule has 2 aromatic rings. The first kappa shape index (κ1) is 17.0. The Morgan fingerprint density at radius 2 is 1.77 bits per heavy atom. The van der Waals surface area contributed by atoms with Crippen molar-refractivity contribution in [1.82, 2.24) is 5.32 Å². The van der Waals surface area contributed by atoms with Gasteiger partial charge in [0.2, 0.25) is 0 Å². The molecule has 0 aliphatic carbocycles. The number of carbonyl (C=O) groups excluding carboxylic acids is 1. The average molecular weight is 429 g/mol. The van der Waals surface area contributed by atoms with Gasteiger partial charge in [-0.15, -0.1) is 0 Å². The van der Waals surface area contributed by atoms with E-state index in [0.29, 0.717) is 5.56 Å². The van der Waals surface area contributed by atoms with Gasteiger partial charge in [0.25, 0.3) is 5.91 Å². The maximum atomic E-state index is 12.2. The number of nitrogens with one attached hydrogen (secondary N) is 1. The maximum absolute atomic E-state index is 12.2. The summed E-state index contributed by atoms with van der Waals surface area (Å²) < 4.78 is 23.9. The van der Waals surface area contributed by atoms with Gasteiger partial charge in [-0.1, -0.05) is 18.2 Å².